The maximum Gasteiger partial charge on any atom is 0.338 e. The first-order valence-corrected chi connectivity index (χ1v) is 9.00. The average molecular weight is 326 g/mol. The largest absolute Gasteiger partial charge is 0.459 e. The van der Waals surface area contributed by atoms with Crippen LogP contribution >= 0.6 is 0 Å². The lowest BCUT2D eigenvalue weighted by molar-refractivity contribution is -0.0154. The second kappa shape index (κ2) is 8.29. The van der Waals surface area contributed by atoms with Crippen molar-refractivity contribution in [2.45, 2.75) is 45.1 Å². The van der Waals surface area contributed by atoms with E-state index in [1.807, 2.05) is 49.4 Å². The standard InChI is InChI=1S/C21H26O3/c1-16(23-15-17-8-3-2-4-9-17)14-24-21(22)20-13-7-11-18-10-5-6-12-19(18)20/h5-7,10-13,16-17H,2-4,8-9,14-15H2,1H3. The molecule has 0 amide bonds. The van der Waals surface area contributed by atoms with Crippen molar-refractivity contribution in [3.8, 4) is 0 Å². The summed E-state index contributed by atoms with van der Waals surface area (Å²) in [6, 6.07) is 13.6. The van der Waals surface area contributed by atoms with E-state index in [1.165, 1.54) is 32.1 Å². The number of hydrogen-bond acceptors (Lipinski definition) is 3. The molecule has 128 valence electrons. The van der Waals surface area contributed by atoms with Gasteiger partial charge in [0, 0.05) is 6.61 Å². The van der Waals surface area contributed by atoms with Gasteiger partial charge in [-0.25, -0.2) is 4.79 Å². The zero-order valence-corrected chi connectivity index (χ0v) is 14.4. The lowest BCUT2D eigenvalue weighted by atomic mass is 9.90. The minimum atomic E-state index is -0.278. The summed E-state index contributed by atoms with van der Waals surface area (Å²) in [4.78, 5) is 12.4. The Kier molecular flexibility index (Phi) is 5.86. The number of carbonyl (C=O) groups excluding carboxylic acids is 1. The van der Waals surface area contributed by atoms with Gasteiger partial charge in [-0.05, 0) is 42.5 Å². The molecule has 1 atom stereocenters. The van der Waals surface area contributed by atoms with E-state index in [1.54, 1.807) is 0 Å². The summed E-state index contributed by atoms with van der Waals surface area (Å²) in [5.74, 6) is 0.398. The molecule has 1 aliphatic carbocycles. The summed E-state index contributed by atoms with van der Waals surface area (Å²) < 4.78 is 11.4. The fraction of sp³-hybridized carbons (Fsp3) is 0.476. The summed E-state index contributed by atoms with van der Waals surface area (Å²) in [7, 11) is 0. The molecule has 0 aliphatic heterocycles. The monoisotopic (exact) mass is 326 g/mol. The molecule has 1 fully saturated rings. The summed E-state index contributed by atoms with van der Waals surface area (Å²) in [5.41, 5.74) is 0.618. The van der Waals surface area contributed by atoms with Gasteiger partial charge in [-0.1, -0.05) is 55.7 Å². The average Bonchev–Trinajstić information content (AvgIpc) is 2.64. The molecule has 0 bridgehead atoms. The Morgan fingerprint density at radius 2 is 1.83 bits per heavy atom. The number of hydrogen-bond donors (Lipinski definition) is 0. The molecule has 0 spiro atoms. The van der Waals surface area contributed by atoms with Crippen LogP contribution in [0.1, 0.15) is 49.4 Å². The zero-order chi connectivity index (χ0) is 16.8. The molecule has 0 radical (unpaired) electrons. The van der Waals surface area contributed by atoms with Crippen molar-refractivity contribution in [3.63, 3.8) is 0 Å². The Balaban J connectivity index is 1.51. The topological polar surface area (TPSA) is 35.5 Å². The Morgan fingerprint density at radius 3 is 2.67 bits per heavy atom. The Morgan fingerprint density at radius 1 is 1.08 bits per heavy atom. The lowest BCUT2D eigenvalue weighted by Crippen LogP contribution is -2.23. The van der Waals surface area contributed by atoms with Crippen molar-refractivity contribution in [1.29, 1.82) is 0 Å². The number of rotatable bonds is 6. The predicted molar refractivity (Wildman–Crippen MR) is 96.2 cm³/mol. The van der Waals surface area contributed by atoms with E-state index in [2.05, 4.69) is 0 Å². The minimum absolute atomic E-state index is 0.0640. The van der Waals surface area contributed by atoms with Crippen molar-refractivity contribution >= 4 is 16.7 Å². The van der Waals surface area contributed by atoms with Crippen LogP contribution in [0.2, 0.25) is 0 Å². The van der Waals surface area contributed by atoms with Crippen LogP contribution in [-0.4, -0.2) is 25.3 Å². The zero-order valence-electron chi connectivity index (χ0n) is 14.4. The van der Waals surface area contributed by atoms with E-state index < -0.39 is 0 Å². The number of esters is 1. The molecule has 3 rings (SSSR count). The molecule has 3 heteroatoms. The van der Waals surface area contributed by atoms with Crippen molar-refractivity contribution < 1.29 is 14.3 Å². The quantitative estimate of drug-likeness (QED) is 0.702. The van der Waals surface area contributed by atoms with Crippen LogP contribution in [0, 0.1) is 5.92 Å². The molecule has 24 heavy (non-hydrogen) atoms. The van der Waals surface area contributed by atoms with Gasteiger partial charge in [0.25, 0.3) is 0 Å². The molecule has 1 aliphatic rings. The normalized spacial score (nSPS) is 16.9. The molecule has 0 heterocycles. The van der Waals surface area contributed by atoms with E-state index in [-0.39, 0.29) is 12.1 Å². The molecule has 0 N–H and O–H groups in total. The van der Waals surface area contributed by atoms with Crippen molar-refractivity contribution in [2.75, 3.05) is 13.2 Å². The van der Waals surface area contributed by atoms with E-state index in [4.69, 9.17) is 9.47 Å². The molecule has 0 saturated heterocycles. The van der Waals surface area contributed by atoms with Gasteiger partial charge in [-0.15, -0.1) is 0 Å². The fourth-order valence-corrected chi connectivity index (χ4v) is 3.38. The van der Waals surface area contributed by atoms with Crippen LogP contribution in [0.3, 0.4) is 0 Å². The highest BCUT2D eigenvalue weighted by Gasteiger charge is 2.16. The number of ether oxygens (including phenoxy) is 2. The SMILES string of the molecule is CC(COC(=O)c1cccc2ccccc12)OCC1CCCCC1. The number of carbonyl (C=O) groups is 1. The van der Waals surface area contributed by atoms with Gasteiger partial charge in [0.15, 0.2) is 0 Å². The third-order valence-corrected chi connectivity index (χ3v) is 4.80. The highest BCUT2D eigenvalue weighted by atomic mass is 16.6. The second-order valence-electron chi connectivity index (χ2n) is 6.77. The third kappa shape index (κ3) is 4.35. The Bertz CT molecular complexity index is 668. The maximum atomic E-state index is 12.4. The van der Waals surface area contributed by atoms with Crippen LogP contribution in [0.5, 0.6) is 0 Å². The van der Waals surface area contributed by atoms with Crippen LogP contribution < -0.4 is 0 Å². The second-order valence-corrected chi connectivity index (χ2v) is 6.77. The van der Waals surface area contributed by atoms with Crippen LogP contribution in [-0.2, 0) is 9.47 Å². The van der Waals surface area contributed by atoms with Crippen LogP contribution in [0.15, 0.2) is 42.5 Å². The molecule has 3 nitrogen and oxygen atoms in total. The van der Waals surface area contributed by atoms with Gasteiger partial charge >= 0.3 is 5.97 Å². The van der Waals surface area contributed by atoms with Gasteiger partial charge in [0.1, 0.15) is 6.61 Å². The van der Waals surface area contributed by atoms with Crippen molar-refractivity contribution in [3.05, 3.63) is 48.0 Å². The summed E-state index contributed by atoms with van der Waals surface area (Å²) >= 11 is 0. The first-order valence-electron chi connectivity index (χ1n) is 9.00. The molecule has 2 aromatic rings. The van der Waals surface area contributed by atoms with Gasteiger partial charge in [0.2, 0.25) is 0 Å². The maximum absolute atomic E-state index is 12.4. The molecular weight excluding hydrogens is 300 g/mol. The molecule has 1 unspecified atom stereocenters. The van der Waals surface area contributed by atoms with Gasteiger partial charge in [0.05, 0.1) is 11.7 Å². The number of benzene rings is 2. The van der Waals surface area contributed by atoms with E-state index in [9.17, 15) is 4.79 Å². The lowest BCUT2D eigenvalue weighted by Gasteiger charge is -2.23. The van der Waals surface area contributed by atoms with E-state index in [0.29, 0.717) is 18.1 Å². The summed E-state index contributed by atoms with van der Waals surface area (Å²) in [6.45, 7) is 3.06. The fourth-order valence-electron chi connectivity index (χ4n) is 3.38. The summed E-state index contributed by atoms with van der Waals surface area (Å²) in [6.07, 6.45) is 6.46. The van der Waals surface area contributed by atoms with Gasteiger partial charge in [-0.2, -0.15) is 0 Å². The number of fused-ring (bicyclic) bond motifs is 1. The molecule has 0 aromatic heterocycles. The van der Waals surface area contributed by atoms with Gasteiger partial charge < -0.3 is 9.47 Å². The Labute approximate surface area is 144 Å². The molecule has 1 saturated carbocycles. The van der Waals surface area contributed by atoms with Crippen molar-refractivity contribution in [2.24, 2.45) is 5.92 Å². The van der Waals surface area contributed by atoms with Gasteiger partial charge in [-0.3, -0.25) is 0 Å². The highest BCUT2D eigenvalue weighted by molar-refractivity contribution is 6.04. The first-order chi connectivity index (χ1) is 11.7. The predicted octanol–water partition coefficient (Wildman–Crippen LogP) is 4.98. The van der Waals surface area contributed by atoms with E-state index in [0.717, 1.165) is 17.4 Å². The van der Waals surface area contributed by atoms with E-state index >= 15 is 0 Å². The summed E-state index contributed by atoms with van der Waals surface area (Å²) in [5, 5.41) is 1.98. The Hall–Kier alpha value is -1.87. The first kappa shape index (κ1) is 17.0. The molecular formula is C21H26O3. The molecule has 2 aromatic carbocycles. The third-order valence-electron chi connectivity index (χ3n) is 4.80. The van der Waals surface area contributed by atoms with Crippen molar-refractivity contribution in [1.82, 2.24) is 0 Å². The smallest absolute Gasteiger partial charge is 0.338 e. The van der Waals surface area contributed by atoms with Crippen LogP contribution in [0.4, 0.5) is 0 Å². The minimum Gasteiger partial charge on any atom is -0.459 e. The highest BCUT2D eigenvalue weighted by Crippen LogP contribution is 2.24. The van der Waals surface area contributed by atoms with Crippen LogP contribution in [0.25, 0.3) is 10.8 Å².